The summed E-state index contributed by atoms with van der Waals surface area (Å²) in [6.07, 6.45) is -34.1. The van der Waals surface area contributed by atoms with Gasteiger partial charge in [-0.1, -0.05) is 5.92 Å². The Morgan fingerprint density at radius 3 is 0.808 bits per heavy atom. The van der Waals surface area contributed by atoms with Crippen LogP contribution in [0.4, 0.5) is 61.5 Å². The summed E-state index contributed by atoms with van der Waals surface area (Å²) in [5.74, 6) is -2.97. The van der Waals surface area contributed by atoms with Crippen molar-refractivity contribution in [2.75, 3.05) is 0 Å². The van der Waals surface area contributed by atoms with Crippen LogP contribution in [0.3, 0.4) is 0 Å². The van der Waals surface area contributed by atoms with Crippen LogP contribution in [0.25, 0.3) is 0 Å². The summed E-state index contributed by atoms with van der Waals surface area (Å²) in [5.41, 5.74) is -12.2. The maximum Gasteiger partial charge on any atom is 0.431 e. The number of hydrogen-bond acceptors (Lipinski definition) is 0. The van der Waals surface area contributed by atoms with Crippen LogP contribution >= 0.6 is 0 Å². The van der Waals surface area contributed by atoms with Gasteiger partial charge in [0.15, 0.2) is 0 Å². The molecule has 0 rings (SSSR count). The molecule has 0 aliphatic rings. The second-order valence-corrected chi connectivity index (χ2v) is 5.16. The average molecular weight is 645 g/mol. The Morgan fingerprint density at radius 2 is 0.692 bits per heavy atom. The van der Waals surface area contributed by atoms with E-state index in [0.717, 1.165) is 0 Å². The van der Waals surface area contributed by atoms with Gasteiger partial charge in [0.05, 0.1) is 0 Å². The monoisotopic (exact) mass is 645 g/mol. The second kappa shape index (κ2) is 8.21. The van der Waals surface area contributed by atoms with Crippen molar-refractivity contribution >= 4 is 0 Å². The van der Waals surface area contributed by atoms with Crippen LogP contribution in [0.2, 0.25) is 0 Å². The Balaban J connectivity index is 0. The standard InChI is InChI=1S/C11H9F14.U/c1-2-5(3-6(12,8(14,15)16)9(17,18)19)4-7(13,10(20,21)22)11(23,24)25;/h5H,1-4H2;/q-1;. The van der Waals surface area contributed by atoms with Gasteiger partial charge in [-0.15, -0.1) is 0 Å². The first-order chi connectivity index (χ1) is 10.6. The van der Waals surface area contributed by atoms with E-state index in [9.17, 15) is 61.5 Å². The van der Waals surface area contributed by atoms with E-state index in [-0.39, 0.29) is 31.1 Å². The van der Waals surface area contributed by atoms with Gasteiger partial charge in [0.1, 0.15) is 0 Å². The zero-order valence-corrected chi connectivity index (χ0v) is 16.4. The SMILES string of the molecule is [CH2-]CC(CC(F)(C(F)(F)F)C(F)(F)F)CC(F)(C(F)(F)F)C(F)(F)F.[U]. The summed E-state index contributed by atoms with van der Waals surface area (Å²) in [5, 5.41) is 0. The molecule has 0 saturated carbocycles. The molecule has 0 spiro atoms. The zero-order chi connectivity index (χ0) is 20.7. The minimum atomic E-state index is -6.70. The summed E-state index contributed by atoms with van der Waals surface area (Å²) in [6.45, 7) is 2.58. The Labute approximate surface area is 161 Å². The van der Waals surface area contributed by atoms with Gasteiger partial charge in [0.25, 0.3) is 11.3 Å². The van der Waals surface area contributed by atoms with Gasteiger partial charge >= 0.3 is 24.7 Å². The van der Waals surface area contributed by atoms with Crippen molar-refractivity contribution in [3.63, 3.8) is 0 Å². The van der Waals surface area contributed by atoms with E-state index in [1.165, 1.54) is 0 Å². The minimum Gasteiger partial charge on any atom is -0.343 e. The molecule has 15 heteroatoms. The molecule has 156 valence electrons. The molecule has 26 heavy (non-hydrogen) atoms. The molecule has 0 aliphatic heterocycles. The van der Waals surface area contributed by atoms with Crippen LogP contribution in [0.1, 0.15) is 19.3 Å². The largest absolute Gasteiger partial charge is 0.431 e. The first-order valence-electron chi connectivity index (χ1n) is 6.08. The predicted molar refractivity (Wildman–Crippen MR) is 54.6 cm³/mol. The Morgan fingerprint density at radius 1 is 0.500 bits per heavy atom. The minimum absolute atomic E-state index is 0. The summed E-state index contributed by atoms with van der Waals surface area (Å²) in [6, 6.07) is 0. The molecule has 0 heterocycles. The third kappa shape index (κ3) is 5.54. The summed E-state index contributed by atoms with van der Waals surface area (Å²) >= 11 is 0. The Bertz CT molecular complexity index is 374. The zero-order valence-electron chi connectivity index (χ0n) is 12.2. The molecule has 0 aliphatic carbocycles. The van der Waals surface area contributed by atoms with Crippen molar-refractivity contribution in [3.05, 3.63) is 6.92 Å². The topological polar surface area (TPSA) is 0 Å². The van der Waals surface area contributed by atoms with E-state index in [0.29, 0.717) is 0 Å². The molecule has 0 aromatic rings. The summed E-state index contributed by atoms with van der Waals surface area (Å²) in [7, 11) is 0. The van der Waals surface area contributed by atoms with Crippen molar-refractivity contribution in [1.82, 2.24) is 0 Å². The van der Waals surface area contributed by atoms with Crippen LogP contribution in [0, 0.1) is 44.0 Å². The van der Waals surface area contributed by atoms with Crippen LogP contribution in [0.5, 0.6) is 0 Å². The van der Waals surface area contributed by atoms with Gasteiger partial charge in [-0.2, -0.15) is 59.1 Å². The average Bonchev–Trinajstić information content (AvgIpc) is 2.31. The normalized spacial score (nSPS) is 15.2. The molecule has 0 nitrogen and oxygen atoms in total. The van der Waals surface area contributed by atoms with E-state index in [1.54, 1.807) is 0 Å². The van der Waals surface area contributed by atoms with Crippen LogP contribution in [-0.4, -0.2) is 36.0 Å². The number of rotatable bonds is 5. The molecular weight excluding hydrogens is 636 g/mol. The third-order valence-electron chi connectivity index (χ3n) is 3.35. The van der Waals surface area contributed by atoms with Crippen molar-refractivity contribution < 1.29 is 92.6 Å². The van der Waals surface area contributed by atoms with Gasteiger partial charge in [0, 0.05) is 44.0 Å². The van der Waals surface area contributed by atoms with Crippen molar-refractivity contribution in [2.24, 2.45) is 5.92 Å². The molecule has 0 unspecified atom stereocenters. The fourth-order valence-corrected chi connectivity index (χ4v) is 1.86. The first kappa shape index (κ1) is 28.3. The van der Waals surface area contributed by atoms with Gasteiger partial charge in [0.2, 0.25) is 0 Å². The smallest absolute Gasteiger partial charge is 0.343 e. The van der Waals surface area contributed by atoms with Crippen molar-refractivity contribution in [3.8, 4) is 0 Å². The molecule has 0 N–H and O–H groups in total. The maximum absolute atomic E-state index is 13.4. The molecule has 0 radical (unpaired) electrons. The molecule has 0 amide bonds. The number of alkyl halides is 14. The van der Waals surface area contributed by atoms with Gasteiger partial charge < -0.3 is 6.92 Å². The van der Waals surface area contributed by atoms with E-state index in [2.05, 4.69) is 6.92 Å². The van der Waals surface area contributed by atoms with Gasteiger partial charge in [-0.05, 0) is 0 Å². The second-order valence-electron chi connectivity index (χ2n) is 5.16. The molecule has 0 bridgehead atoms. The number of halogens is 14. The third-order valence-corrected chi connectivity index (χ3v) is 3.35. The molecule has 0 aromatic carbocycles. The van der Waals surface area contributed by atoms with Crippen molar-refractivity contribution in [1.29, 1.82) is 0 Å². The Kier molecular flexibility index (Phi) is 8.93. The summed E-state index contributed by atoms with van der Waals surface area (Å²) < 4.78 is 175. The molecule has 0 aromatic heterocycles. The van der Waals surface area contributed by atoms with E-state index >= 15 is 0 Å². The van der Waals surface area contributed by atoms with E-state index in [4.69, 9.17) is 0 Å². The quantitative estimate of drug-likeness (QED) is 0.245. The van der Waals surface area contributed by atoms with Crippen LogP contribution < -0.4 is 0 Å². The molecule has 0 saturated heterocycles. The van der Waals surface area contributed by atoms with E-state index < -0.39 is 61.2 Å². The number of hydrogen-bond donors (Lipinski definition) is 0. The van der Waals surface area contributed by atoms with Crippen LogP contribution in [0.15, 0.2) is 0 Å². The maximum atomic E-state index is 13.4. The molecular formula is C11H9F14U-. The fourth-order valence-electron chi connectivity index (χ4n) is 1.86. The van der Waals surface area contributed by atoms with E-state index in [1.807, 2.05) is 0 Å². The fraction of sp³-hybridized carbons (Fsp3) is 0.909. The van der Waals surface area contributed by atoms with Crippen molar-refractivity contribution in [2.45, 2.75) is 55.3 Å². The summed E-state index contributed by atoms with van der Waals surface area (Å²) in [4.78, 5) is 0. The first-order valence-corrected chi connectivity index (χ1v) is 6.08. The van der Waals surface area contributed by atoms with Gasteiger partial charge in [-0.3, -0.25) is 0 Å². The predicted octanol–water partition coefficient (Wildman–Crippen LogP) is 6.27. The van der Waals surface area contributed by atoms with Gasteiger partial charge in [-0.25, -0.2) is 8.78 Å². The van der Waals surface area contributed by atoms with Crippen LogP contribution in [-0.2, 0) is 0 Å². The Hall–Kier alpha value is 0.0719. The molecule has 0 atom stereocenters. The molecule has 0 fully saturated rings.